The second-order valence-electron chi connectivity index (χ2n) is 4.71. The van der Waals surface area contributed by atoms with E-state index in [2.05, 4.69) is 0 Å². The highest BCUT2D eigenvalue weighted by molar-refractivity contribution is 6.00. The van der Waals surface area contributed by atoms with Gasteiger partial charge < -0.3 is 9.15 Å². The van der Waals surface area contributed by atoms with Crippen molar-refractivity contribution < 1.29 is 13.9 Å². The van der Waals surface area contributed by atoms with Gasteiger partial charge in [-0.05, 0) is 48.9 Å². The third-order valence-electron chi connectivity index (χ3n) is 3.28. The van der Waals surface area contributed by atoms with Gasteiger partial charge in [-0.25, -0.2) is 9.36 Å². The summed E-state index contributed by atoms with van der Waals surface area (Å²) in [6, 6.07) is 11.8. The van der Waals surface area contributed by atoms with Crippen LogP contribution in [0.3, 0.4) is 0 Å². The lowest BCUT2D eigenvalue weighted by Crippen LogP contribution is -2.23. The molecule has 3 aromatic rings. The normalized spacial score (nSPS) is 10.8. The molecule has 21 heavy (non-hydrogen) atoms. The molecule has 0 amide bonds. The zero-order valence-corrected chi connectivity index (χ0v) is 11.6. The Hall–Kier alpha value is -2.82. The standard InChI is InChI=1S/C16H13NO4/c1-10-3-8-14-13(9-10)17(16(19)21-14)15(18)11-4-6-12(20-2)7-5-11/h3-9H,1-2H3. The Morgan fingerprint density at radius 2 is 1.86 bits per heavy atom. The first-order chi connectivity index (χ1) is 10.1. The lowest BCUT2D eigenvalue weighted by atomic mass is 10.2. The first kappa shape index (κ1) is 13.2. The maximum atomic E-state index is 12.5. The first-order valence-electron chi connectivity index (χ1n) is 6.41. The topological polar surface area (TPSA) is 61.4 Å². The van der Waals surface area contributed by atoms with Crippen LogP contribution in [0.1, 0.15) is 15.9 Å². The van der Waals surface area contributed by atoms with Gasteiger partial charge in [0.2, 0.25) is 0 Å². The number of benzene rings is 2. The summed E-state index contributed by atoms with van der Waals surface area (Å²) in [6.07, 6.45) is 0. The van der Waals surface area contributed by atoms with Crippen LogP contribution in [0.5, 0.6) is 5.75 Å². The zero-order chi connectivity index (χ0) is 15.0. The van der Waals surface area contributed by atoms with Crippen LogP contribution in [0.4, 0.5) is 0 Å². The van der Waals surface area contributed by atoms with Crippen molar-refractivity contribution in [3.63, 3.8) is 0 Å². The quantitative estimate of drug-likeness (QED) is 0.725. The zero-order valence-electron chi connectivity index (χ0n) is 11.6. The van der Waals surface area contributed by atoms with Crippen molar-refractivity contribution in [3.8, 4) is 5.75 Å². The van der Waals surface area contributed by atoms with Gasteiger partial charge in [0.05, 0.1) is 12.6 Å². The molecule has 2 aromatic carbocycles. The van der Waals surface area contributed by atoms with Gasteiger partial charge in [-0.3, -0.25) is 4.79 Å². The Balaban J connectivity index is 2.14. The number of hydrogen-bond acceptors (Lipinski definition) is 4. The number of nitrogens with zero attached hydrogens (tertiary/aromatic N) is 1. The van der Waals surface area contributed by atoms with Gasteiger partial charge >= 0.3 is 5.76 Å². The summed E-state index contributed by atoms with van der Waals surface area (Å²) in [5, 5.41) is 0. The smallest absolute Gasteiger partial charge is 0.427 e. The van der Waals surface area contributed by atoms with Crippen LogP contribution in [0.25, 0.3) is 11.1 Å². The monoisotopic (exact) mass is 283 g/mol. The van der Waals surface area contributed by atoms with Gasteiger partial charge in [0, 0.05) is 5.56 Å². The second-order valence-corrected chi connectivity index (χ2v) is 4.71. The van der Waals surface area contributed by atoms with E-state index in [-0.39, 0.29) is 0 Å². The minimum atomic E-state index is -0.684. The van der Waals surface area contributed by atoms with Crippen LogP contribution in [0, 0.1) is 6.92 Å². The molecule has 3 rings (SSSR count). The van der Waals surface area contributed by atoms with E-state index in [0.29, 0.717) is 22.4 Å². The molecule has 0 spiro atoms. The summed E-state index contributed by atoms with van der Waals surface area (Å²) in [5.74, 6) is -0.463. The minimum Gasteiger partial charge on any atom is -0.497 e. The molecular weight excluding hydrogens is 270 g/mol. The Morgan fingerprint density at radius 1 is 1.14 bits per heavy atom. The van der Waals surface area contributed by atoms with Gasteiger partial charge in [-0.15, -0.1) is 0 Å². The summed E-state index contributed by atoms with van der Waals surface area (Å²) in [4.78, 5) is 24.5. The Kier molecular flexibility index (Phi) is 3.10. The molecule has 5 heteroatoms. The van der Waals surface area contributed by atoms with E-state index in [0.717, 1.165) is 10.1 Å². The van der Waals surface area contributed by atoms with Gasteiger partial charge in [0.15, 0.2) is 5.58 Å². The molecule has 0 saturated heterocycles. The number of carbonyl (C=O) groups excluding carboxylic acids is 1. The van der Waals surface area contributed by atoms with Crippen LogP contribution in [-0.2, 0) is 0 Å². The average Bonchev–Trinajstić information content (AvgIpc) is 2.82. The third kappa shape index (κ3) is 2.23. The van der Waals surface area contributed by atoms with Gasteiger partial charge in [0.1, 0.15) is 5.75 Å². The average molecular weight is 283 g/mol. The maximum absolute atomic E-state index is 12.5. The number of fused-ring (bicyclic) bond motifs is 1. The molecule has 5 nitrogen and oxygen atoms in total. The predicted molar refractivity (Wildman–Crippen MR) is 77.9 cm³/mol. The van der Waals surface area contributed by atoms with E-state index < -0.39 is 11.7 Å². The van der Waals surface area contributed by atoms with Crippen molar-refractivity contribution in [2.45, 2.75) is 6.92 Å². The van der Waals surface area contributed by atoms with Crippen molar-refractivity contribution in [1.29, 1.82) is 0 Å². The molecule has 0 fully saturated rings. The third-order valence-corrected chi connectivity index (χ3v) is 3.28. The number of carbonyl (C=O) groups is 1. The molecule has 106 valence electrons. The minimum absolute atomic E-state index is 0.391. The van der Waals surface area contributed by atoms with E-state index in [9.17, 15) is 9.59 Å². The van der Waals surface area contributed by atoms with Gasteiger partial charge in [-0.2, -0.15) is 0 Å². The van der Waals surface area contributed by atoms with E-state index in [4.69, 9.17) is 9.15 Å². The predicted octanol–water partition coefficient (Wildman–Crippen LogP) is 2.60. The van der Waals surface area contributed by atoms with E-state index in [1.807, 2.05) is 13.0 Å². The molecule has 0 saturated carbocycles. The molecule has 0 unspecified atom stereocenters. The molecule has 0 N–H and O–H groups in total. The highest BCUT2D eigenvalue weighted by Crippen LogP contribution is 2.17. The Labute approximate surface area is 120 Å². The Morgan fingerprint density at radius 3 is 2.52 bits per heavy atom. The summed E-state index contributed by atoms with van der Waals surface area (Å²) in [5.41, 5.74) is 2.20. The van der Waals surface area contributed by atoms with Crippen LogP contribution < -0.4 is 10.5 Å². The molecule has 0 radical (unpaired) electrons. The van der Waals surface area contributed by atoms with Crippen molar-refractivity contribution in [2.24, 2.45) is 0 Å². The van der Waals surface area contributed by atoms with E-state index in [1.165, 1.54) is 0 Å². The summed E-state index contributed by atoms with van der Waals surface area (Å²) in [6.45, 7) is 1.89. The number of oxazole rings is 1. The van der Waals surface area contributed by atoms with Gasteiger partial charge in [-0.1, -0.05) is 6.07 Å². The fourth-order valence-corrected chi connectivity index (χ4v) is 2.18. The summed E-state index contributed by atoms with van der Waals surface area (Å²) in [7, 11) is 1.55. The van der Waals surface area contributed by atoms with Crippen LogP contribution >= 0.6 is 0 Å². The molecule has 0 aliphatic heterocycles. The Bertz CT molecular complexity index is 871. The molecule has 1 aromatic heterocycles. The molecule has 0 atom stereocenters. The fourth-order valence-electron chi connectivity index (χ4n) is 2.18. The first-order valence-corrected chi connectivity index (χ1v) is 6.41. The number of methoxy groups -OCH3 is 1. The van der Waals surface area contributed by atoms with Crippen LogP contribution in [-0.4, -0.2) is 17.6 Å². The highest BCUT2D eigenvalue weighted by atomic mass is 16.5. The summed E-state index contributed by atoms with van der Waals surface area (Å²) >= 11 is 0. The summed E-state index contributed by atoms with van der Waals surface area (Å²) < 4.78 is 11.2. The SMILES string of the molecule is COc1ccc(C(=O)n2c(=O)oc3ccc(C)cc32)cc1. The molecule has 0 aliphatic carbocycles. The lowest BCUT2D eigenvalue weighted by Gasteiger charge is -2.03. The van der Waals surface area contributed by atoms with Crippen LogP contribution in [0.15, 0.2) is 51.7 Å². The van der Waals surface area contributed by atoms with Gasteiger partial charge in [0.25, 0.3) is 5.91 Å². The molecule has 1 heterocycles. The van der Waals surface area contributed by atoms with Crippen molar-refractivity contribution in [1.82, 2.24) is 4.57 Å². The van der Waals surface area contributed by atoms with Crippen LogP contribution in [0.2, 0.25) is 0 Å². The largest absolute Gasteiger partial charge is 0.497 e. The number of aryl methyl sites for hydroxylation is 1. The molecule has 0 aliphatic rings. The second kappa shape index (κ2) is 4.94. The fraction of sp³-hybridized carbons (Fsp3) is 0.125. The highest BCUT2D eigenvalue weighted by Gasteiger charge is 2.17. The van der Waals surface area contributed by atoms with E-state index >= 15 is 0 Å². The number of ether oxygens (including phenoxy) is 1. The van der Waals surface area contributed by atoms with E-state index in [1.54, 1.807) is 43.5 Å². The number of hydrogen-bond donors (Lipinski definition) is 0. The molecular formula is C16H13NO4. The number of aromatic nitrogens is 1. The van der Waals surface area contributed by atoms with Crippen molar-refractivity contribution in [3.05, 3.63) is 64.1 Å². The van der Waals surface area contributed by atoms with Crippen molar-refractivity contribution >= 4 is 17.0 Å². The maximum Gasteiger partial charge on any atom is 0.427 e. The number of rotatable bonds is 2. The molecule has 0 bridgehead atoms. The lowest BCUT2D eigenvalue weighted by molar-refractivity contribution is 0.0956. The van der Waals surface area contributed by atoms with Crippen molar-refractivity contribution in [2.75, 3.05) is 7.11 Å².